The number of imidazole rings is 1. The molecule has 3 heterocycles. The smallest absolute Gasteiger partial charge is 0.326 e. The highest BCUT2D eigenvalue weighted by Crippen LogP contribution is 2.39. The molecule has 13 heteroatoms. The fourth-order valence-corrected chi connectivity index (χ4v) is 10.3. The number of sulfonamides is 1. The van der Waals surface area contributed by atoms with Crippen LogP contribution in [0.4, 0.5) is 0 Å². The summed E-state index contributed by atoms with van der Waals surface area (Å²) in [7, 11) is -3.97. The van der Waals surface area contributed by atoms with E-state index < -0.39 is 28.3 Å². The van der Waals surface area contributed by atoms with Crippen molar-refractivity contribution in [1.82, 2.24) is 24.5 Å². The molecule has 0 spiro atoms. The monoisotopic (exact) mass is 905 g/mol. The molecule has 0 radical (unpaired) electrons. The van der Waals surface area contributed by atoms with Crippen LogP contribution in [-0.4, -0.2) is 65.7 Å². The van der Waals surface area contributed by atoms with Crippen molar-refractivity contribution in [2.45, 2.75) is 81.2 Å². The summed E-state index contributed by atoms with van der Waals surface area (Å²) >= 11 is 0. The first-order chi connectivity index (χ1) is 32.1. The number of likely N-dealkylation sites (tertiary alicyclic amines) is 1. The number of aliphatic hydroxyl groups excluding tert-OH is 1. The van der Waals surface area contributed by atoms with Gasteiger partial charge in [0.1, 0.15) is 6.04 Å². The minimum Gasteiger partial charge on any atom is -0.392 e. The Bertz CT molecular complexity index is 2910. The number of piperidine rings is 1. The number of amides is 1. The first-order valence-electron chi connectivity index (χ1n) is 22.6. The number of aromatic nitrogens is 2. The Balaban J connectivity index is 0.866. The third kappa shape index (κ3) is 10.6. The number of carbonyl (C=O) groups is 1. The molecule has 6 aromatic carbocycles. The predicted molar refractivity (Wildman–Crippen MR) is 255 cm³/mol. The standard InChI is InChI=1S/C53H55N5O7S/c1-36-14-24-46(25-15-36)66(62,63)56-48(31-37-8-3-2-4-9-37)51(60)54-33-39-10-7-11-43(30-39)40-20-22-42(23-21-40)52-64-45(32-50(65-52)41-18-16-38(35-59)17-19-41)34-57-28-26-44(27-29-57)58-49-13-6-5-12-47(49)55-53(58)61/h2-25,30,44-45,48,50,52,56,59H,26-29,31-35H2,1H3,(H,54,60)(H,55,61)/t45-,48+,50+,52+/m0/s1. The normalized spacial score (nSPS) is 18.8. The number of nitrogens with zero attached hydrogens (tertiary/aromatic N) is 2. The fraction of sp³-hybridized carbons (Fsp3) is 0.283. The number of nitrogens with one attached hydrogen (secondary N) is 3. The number of carbonyl (C=O) groups excluding carboxylic acids is 1. The van der Waals surface area contributed by atoms with E-state index in [2.05, 4.69) is 19.9 Å². The van der Waals surface area contributed by atoms with E-state index in [1.165, 1.54) is 0 Å². The van der Waals surface area contributed by atoms with Crippen LogP contribution in [0.3, 0.4) is 0 Å². The lowest BCUT2D eigenvalue weighted by Gasteiger charge is -2.40. The third-order valence-electron chi connectivity index (χ3n) is 12.8. The molecule has 2 aliphatic heterocycles. The van der Waals surface area contributed by atoms with Crippen molar-refractivity contribution in [3.63, 3.8) is 0 Å². The van der Waals surface area contributed by atoms with Gasteiger partial charge in [0.25, 0.3) is 0 Å². The number of benzene rings is 6. The summed E-state index contributed by atoms with van der Waals surface area (Å²) < 4.78 is 44.8. The SMILES string of the molecule is Cc1ccc(S(=O)(=O)N[C@H](Cc2ccccc2)C(=O)NCc2cccc(-c3ccc([C@@H]4O[C@H](CN5CCC(n6c(=O)[nH]c7ccccc76)CC5)C[C@H](c5ccc(CO)cc5)O4)cc3)c2)cc1. The van der Waals surface area contributed by atoms with Gasteiger partial charge in [0.2, 0.25) is 15.9 Å². The molecule has 4 atom stereocenters. The average molecular weight is 906 g/mol. The molecule has 66 heavy (non-hydrogen) atoms. The molecule has 0 saturated carbocycles. The molecule has 0 bridgehead atoms. The summed E-state index contributed by atoms with van der Waals surface area (Å²) in [5, 5.41) is 12.7. The summed E-state index contributed by atoms with van der Waals surface area (Å²) in [4.78, 5) is 32.2. The maximum absolute atomic E-state index is 13.7. The molecule has 7 aromatic rings. The zero-order valence-corrected chi connectivity index (χ0v) is 37.7. The molecule has 2 fully saturated rings. The van der Waals surface area contributed by atoms with Crippen molar-refractivity contribution in [1.29, 1.82) is 0 Å². The Morgan fingerprint density at radius 1 is 0.773 bits per heavy atom. The Labute approximate surface area is 385 Å². The van der Waals surface area contributed by atoms with E-state index in [0.717, 1.165) is 88.0 Å². The van der Waals surface area contributed by atoms with Gasteiger partial charge in [-0.1, -0.05) is 127 Å². The van der Waals surface area contributed by atoms with Gasteiger partial charge in [0.05, 0.1) is 34.7 Å². The second-order valence-corrected chi connectivity index (χ2v) is 19.1. The lowest BCUT2D eigenvalue weighted by atomic mass is 9.98. The summed E-state index contributed by atoms with van der Waals surface area (Å²) in [6.45, 7) is 4.48. The van der Waals surface area contributed by atoms with Crippen LogP contribution >= 0.6 is 0 Å². The number of hydrogen-bond donors (Lipinski definition) is 4. The number of fused-ring (bicyclic) bond motifs is 1. The quantitative estimate of drug-likeness (QED) is 0.0811. The molecule has 1 amide bonds. The van der Waals surface area contributed by atoms with Crippen LogP contribution in [0.1, 0.15) is 71.1 Å². The van der Waals surface area contributed by atoms with Crippen molar-refractivity contribution >= 4 is 27.0 Å². The van der Waals surface area contributed by atoms with Crippen molar-refractivity contribution in [3.8, 4) is 11.1 Å². The van der Waals surface area contributed by atoms with Crippen LogP contribution in [0.15, 0.2) is 161 Å². The van der Waals surface area contributed by atoms with Gasteiger partial charge in [-0.05, 0) is 89.9 Å². The minimum absolute atomic E-state index is 0.0290. The number of rotatable bonds is 15. The molecule has 340 valence electrons. The maximum Gasteiger partial charge on any atom is 0.326 e. The lowest BCUT2D eigenvalue weighted by Crippen LogP contribution is -2.47. The first-order valence-corrected chi connectivity index (χ1v) is 24.1. The summed E-state index contributed by atoms with van der Waals surface area (Å²) in [5.74, 6) is -0.426. The maximum atomic E-state index is 13.7. The number of H-pyrrole nitrogens is 1. The van der Waals surface area contributed by atoms with Crippen molar-refractivity contribution in [2.24, 2.45) is 0 Å². The zero-order chi connectivity index (χ0) is 45.6. The van der Waals surface area contributed by atoms with Crippen LogP contribution in [-0.2, 0) is 43.9 Å². The first kappa shape index (κ1) is 45.0. The van der Waals surface area contributed by atoms with Crippen molar-refractivity contribution in [2.75, 3.05) is 19.6 Å². The molecular formula is C53H55N5O7S. The van der Waals surface area contributed by atoms with Crippen LogP contribution in [0, 0.1) is 6.92 Å². The van der Waals surface area contributed by atoms with Gasteiger partial charge >= 0.3 is 5.69 Å². The number of para-hydroxylation sites is 2. The minimum atomic E-state index is -3.97. The number of hydrogen-bond acceptors (Lipinski definition) is 8. The Kier molecular flexibility index (Phi) is 13.7. The van der Waals surface area contributed by atoms with E-state index in [1.807, 2.05) is 139 Å². The van der Waals surface area contributed by atoms with E-state index in [1.54, 1.807) is 24.3 Å². The second-order valence-electron chi connectivity index (χ2n) is 17.4. The summed E-state index contributed by atoms with van der Waals surface area (Å²) in [6, 6.07) is 46.8. The largest absolute Gasteiger partial charge is 0.392 e. The van der Waals surface area contributed by atoms with Crippen LogP contribution < -0.4 is 15.7 Å². The van der Waals surface area contributed by atoms with E-state index >= 15 is 0 Å². The molecule has 2 aliphatic rings. The molecule has 0 aliphatic carbocycles. The summed E-state index contributed by atoms with van der Waals surface area (Å²) in [6.07, 6.45) is 1.63. The Hall–Kier alpha value is -6.19. The Morgan fingerprint density at radius 2 is 1.47 bits per heavy atom. The van der Waals surface area contributed by atoms with Gasteiger partial charge in [-0.3, -0.25) is 9.36 Å². The van der Waals surface area contributed by atoms with Crippen LogP contribution in [0.5, 0.6) is 0 Å². The van der Waals surface area contributed by atoms with Gasteiger partial charge in [-0.25, -0.2) is 13.2 Å². The molecule has 9 rings (SSSR count). The predicted octanol–water partition coefficient (Wildman–Crippen LogP) is 7.89. The number of aromatic amines is 1. The van der Waals surface area contributed by atoms with E-state index in [9.17, 15) is 23.1 Å². The zero-order valence-electron chi connectivity index (χ0n) is 36.9. The fourth-order valence-electron chi connectivity index (χ4n) is 9.13. The topological polar surface area (TPSA) is 155 Å². The molecule has 4 N–H and O–H groups in total. The van der Waals surface area contributed by atoms with E-state index in [4.69, 9.17) is 9.47 Å². The van der Waals surface area contributed by atoms with E-state index in [-0.39, 0.29) is 48.4 Å². The third-order valence-corrected chi connectivity index (χ3v) is 14.2. The highest BCUT2D eigenvalue weighted by Gasteiger charge is 2.34. The van der Waals surface area contributed by atoms with Gasteiger partial charge in [-0.2, -0.15) is 4.72 Å². The molecule has 2 saturated heterocycles. The molecule has 12 nitrogen and oxygen atoms in total. The average Bonchev–Trinajstić information content (AvgIpc) is 3.69. The highest BCUT2D eigenvalue weighted by molar-refractivity contribution is 7.89. The van der Waals surface area contributed by atoms with Crippen molar-refractivity contribution in [3.05, 3.63) is 196 Å². The van der Waals surface area contributed by atoms with Gasteiger partial charge in [0.15, 0.2) is 6.29 Å². The van der Waals surface area contributed by atoms with E-state index in [0.29, 0.717) is 6.42 Å². The van der Waals surface area contributed by atoms with Crippen LogP contribution in [0.2, 0.25) is 0 Å². The molecule has 0 unspecified atom stereocenters. The molecule has 1 aromatic heterocycles. The summed E-state index contributed by atoms with van der Waals surface area (Å²) in [5.41, 5.74) is 9.06. The van der Waals surface area contributed by atoms with Gasteiger partial charge in [0, 0.05) is 44.2 Å². The van der Waals surface area contributed by atoms with Gasteiger partial charge < -0.3 is 29.8 Å². The second kappa shape index (κ2) is 20.1. The molecular weight excluding hydrogens is 851 g/mol. The number of aliphatic hydroxyl groups is 1. The van der Waals surface area contributed by atoms with Crippen molar-refractivity contribution < 1.29 is 27.8 Å². The number of aryl methyl sites for hydroxylation is 1. The number of ether oxygens (including phenoxy) is 2. The van der Waals surface area contributed by atoms with Gasteiger partial charge in [-0.15, -0.1) is 0 Å². The highest BCUT2D eigenvalue weighted by atomic mass is 32.2. The van der Waals surface area contributed by atoms with Crippen LogP contribution in [0.25, 0.3) is 22.2 Å². The lowest BCUT2D eigenvalue weighted by molar-refractivity contribution is -0.253. The Morgan fingerprint density at radius 3 is 2.21 bits per heavy atom.